The normalized spacial score (nSPS) is 15.6. The van der Waals surface area contributed by atoms with Gasteiger partial charge in [0.25, 0.3) is 0 Å². The third kappa shape index (κ3) is 3.79. The molecular weight excluding hydrogens is 302 g/mol. The zero-order valence-electron chi connectivity index (χ0n) is 12.1. The van der Waals surface area contributed by atoms with Gasteiger partial charge in [-0.05, 0) is 49.7 Å². The maximum Gasteiger partial charge on any atom is 0.224 e. The van der Waals surface area contributed by atoms with E-state index >= 15 is 0 Å². The van der Waals surface area contributed by atoms with Crippen LogP contribution in [0.1, 0.15) is 30.9 Å². The molecule has 0 aliphatic carbocycles. The first kappa shape index (κ1) is 15.9. The van der Waals surface area contributed by atoms with Crippen molar-refractivity contribution in [2.45, 2.75) is 26.2 Å². The number of thiocarbonyl (C=S) groups is 1. The van der Waals surface area contributed by atoms with E-state index < -0.39 is 0 Å². The number of aryl methyl sites for hydroxylation is 1. The number of anilines is 1. The molecule has 1 aromatic carbocycles. The van der Waals surface area contributed by atoms with E-state index in [1.54, 1.807) is 13.0 Å². The van der Waals surface area contributed by atoms with E-state index in [0.717, 1.165) is 29.7 Å². The number of nitrogens with two attached hydrogens (primary N) is 1. The summed E-state index contributed by atoms with van der Waals surface area (Å²) in [6.07, 6.45) is 2.07. The minimum atomic E-state index is 0.0173. The molecule has 7 nitrogen and oxygen atoms in total. The van der Waals surface area contributed by atoms with Crippen LogP contribution in [0.25, 0.3) is 0 Å². The van der Waals surface area contributed by atoms with Crippen LogP contribution in [0.15, 0.2) is 28.5 Å². The van der Waals surface area contributed by atoms with Gasteiger partial charge in [-0.15, -0.1) is 0 Å². The highest BCUT2D eigenvalue weighted by Crippen LogP contribution is 2.23. The first-order chi connectivity index (χ1) is 10.5. The van der Waals surface area contributed by atoms with Crippen molar-refractivity contribution in [1.82, 2.24) is 5.43 Å². The average Bonchev–Trinajstić information content (AvgIpc) is 2.67. The lowest BCUT2D eigenvalue weighted by atomic mass is 10.00. The number of benzene rings is 1. The monoisotopic (exact) mass is 319 g/mol. The molecule has 0 fully saturated rings. The number of carbonyl (C=O) groups excluding carboxylic acids is 1. The topological polar surface area (TPSA) is 112 Å². The summed E-state index contributed by atoms with van der Waals surface area (Å²) in [6.45, 7) is 1.62. The van der Waals surface area contributed by atoms with Gasteiger partial charge in [0.15, 0.2) is 5.11 Å². The zero-order chi connectivity index (χ0) is 16.1. The zero-order valence-corrected chi connectivity index (χ0v) is 12.9. The number of oxime groups is 1. The van der Waals surface area contributed by atoms with Gasteiger partial charge in [0.2, 0.25) is 5.91 Å². The van der Waals surface area contributed by atoms with Gasteiger partial charge in [0, 0.05) is 17.7 Å². The lowest BCUT2D eigenvalue weighted by molar-refractivity contribution is -0.116. The minimum absolute atomic E-state index is 0.0173. The number of nitrogens with zero attached hydrogens (tertiary/aromatic N) is 2. The van der Waals surface area contributed by atoms with Crippen molar-refractivity contribution < 1.29 is 10.0 Å². The standard InChI is InChI=1S/C14H17N5O2S/c1-8(19-21)13(17-18-14(15)22)10-5-6-11-9(7-10)3-2-4-12(20)16-11/h5-7,21H,2-4H2,1H3,(H,16,20)(H3,15,18,22). The van der Waals surface area contributed by atoms with Gasteiger partial charge in [0.1, 0.15) is 11.4 Å². The van der Waals surface area contributed by atoms with Crippen molar-refractivity contribution >= 4 is 40.3 Å². The van der Waals surface area contributed by atoms with Crippen molar-refractivity contribution in [1.29, 1.82) is 0 Å². The van der Waals surface area contributed by atoms with Crippen LogP contribution in [-0.4, -0.2) is 27.7 Å². The third-order valence-corrected chi connectivity index (χ3v) is 3.36. The summed E-state index contributed by atoms with van der Waals surface area (Å²) in [6, 6.07) is 5.52. The molecule has 0 aromatic heterocycles. The summed E-state index contributed by atoms with van der Waals surface area (Å²) in [5.41, 5.74) is 11.2. The molecule has 1 aliphatic rings. The molecule has 0 spiro atoms. The number of hydrogen-bond acceptors (Lipinski definition) is 5. The maximum atomic E-state index is 11.6. The minimum Gasteiger partial charge on any atom is -0.411 e. The smallest absolute Gasteiger partial charge is 0.224 e. The largest absolute Gasteiger partial charge is 0.411 e. The SMILES string of the molecule is CC(=NO)C(=NNC(N)=S)c1ccc2c(c1)CCCC(=O)N2. The maximum absolute atomic E-state index is 11.6. The Morgan fingerprint density at radius 2 is 2.23 bits per heavy atom. The molecule has 2 rings (SSSR count). The summed E-state index contributed by atoms with van der Waals surface area (Å²) in [5, 5.41) is 19.1. The van der Waals surface area contributed by atoms with Gasteiger partial charge in [0.05, 0.1) is 0 Å². The molecule has 1 amide bonds. The lowest BCUT2D eigenvalue weighted by Crippen LogP contribution is -2.27. The van der Waals surface area contributed by atoms with Gasteiger partial charge in [-0.2, -0.15) is 5.10 Å². The molecule has 5 N–H and O–H groups in total. The fourth-order valence-corrected chi connectivity index (χ4v) is 2.28. The van der Waals surface area contributed by atoms with Crippen LogP contribution in [0, 0.1) is 0 Å². The van der Waals surface area contributed by atoms with E-state index in [1.807, 2.05) is 12.1 Å². The summed E-state index contributed by atoms with van der Waals surface area (Å²) < 4.78 is 0. The second-order valence-electron chi connectivity index (χ2n) is 4.90. The Morgan fingerprint density at radius 3 is 2.91 bits per heavy atom. The molecule has 1 aromatic rings. The molecule has 0 radical (unpaired) electrons. The van der Waals surface area contributed by atoms with Crippen LogP contribution in [-0.2, 0) is 11.2 Å². The van der Waals surface area contributed by atoms with Crippen LogP contribution in [0.4, 0.5) is 5.69 Å². The van der Waals surface area contributed by atoms with E-state index in [9.17, 15) is 4.79 Å². The Morgan fingerprint density at radius 1 is 1.45 bits per heavy atom. The fourth-order valence-electron chi connectivity index (χ4n) is 2.23. The number of hydrogen-bond donors (Lipinski definition) is 4. The van der Waals surface area contributed by atoms with Crippen molar-refractivity contribution in [3.63, 3.8) is 0 Å². The first-order valence-electron chi connectivity index (χ1n) is 6.76. The Labute approximate surface area is 133 Å². The highest BCUT2D eigenvalue weighted by Gasteiger charge is 2.16. The van der Waals surface area contributed by atoms with Crippen molar-refractivity contribution in [2.24, 2.45) is 16.0 Å². The molecule has 1 aliphatic heterocycles. The summed E-state index contributed by atoms with van der Waals surface area (Å²) >= 11 is 4.72. The summed E-state index contributed by atoms with van der Waals surface area (Å²) in [5.74, 6) is 0.0173. The molecule has 0 unspecified atom stereocenters. The van der Waals surface area contributed by atoms with E-state index in [0.29, 0.717) is 17.8 Å². The van der Waals surface area contributed by atoms with Crippen LogP contribution >= 0.6 is 12.2 Å². The van der Waals surface area contributed by atoms with E-state index in [-0.39, 0.29) is 11.0 Å². The Bertz CT molecular complexity index is 669. The predicted molar refractivity (Wildman–Crippen MR) is 89.4 cm³/mol. The molecular formula is C14H17N5O2S. The van der Waals surface area contributed by atoms with Crippen LogP contribution in [0.5, 0.6) is 0 Å². The highest BCUT2D eigenvalue weighted by molar-refractivity contribution is 7.80. The van der Waals surface area contributed by atoms with Gasteiger partial charge in [-0.25, -0.2) is 0 Å². The van der Waals surface area contributed by atoms with Gasteiger partial charge < -0.3 is 16.3 Å². The van der Waals surface area contributed by atoms with Crippen LogP contribution in [0.2, 0.25) is 0 Å². The van der Waals surface area contributed by atoms with E-state index in [4.69, 9.17) is 23.2 Å². The van der Waals surface area contributed by atoms with Crippen molar-refractivity contribution in [2.75, 3.05) is 5.32 Å². The molecule has 0 saturated carbocycles. The van der Waals surface area contributed by atoms with Gasteiger partial charge in [-0.3, -0.25) is 10.2 Å². The molecule has 22 heavy (non-hydrogen) atoms. The molecule has 0 bridgehead atoms. The van der Waals surface area contributed by atoms with Crippen molar-refractivity contribution in [3.8, 4) is 0 Å². The van der Waals surface area contributed by atoms with Gasteiger partial charge in [-0.1, -0.05) is 11.2 Å². The second kappa shape index (κ2) is 6.99. The number of amides is 1. The second-order valence-corrected chi connectivity index (χ2v) is 5.34. The molecule has 0 saturated heterocycles. The average molecular weight is 319 g/mol. The Balaban J connectivity index is 2.41. The number of fused-ring (bicyclic) bond motifs is 1. The van der Waals surface area contributed by atoms with Crippen LogP contribution in [0.3, 0.4) is 0 Å². The summed E-state index contributed by atoms with van der Waals surface area (Å²) in [7, 11) is 0. The third-order valence-electron chi connectivity index (χ3n) is 3.27. The van der Waals surface area contributed by atoms with E-state index in [2.05, 4.69) is 21.0 Å². The number of hydrazone groups is 1. The first-order valence-corrected chi connectivity index (χ1v) is 7.17. The Kier molecular flexibility index (Phi) is 5.05. The fraction of sp³-hybridized carbons (Fsp3) is 0.286. The van der Waals surface area contributed by atoms with E-state index in [1.165, 1.54) is 0 Å². The van der Waals surface area contributed by atoms with Crippen LogP contribution < -0.4 is 16.5 Å². The quantitative estimate of drug-likeness (QED) is 0.291. The molecule has 116 valence electrons. The number of carbonyl (C=O) groups is 1. The van der Waals surface area contributed by atoms with Gasteiger partial charge >= 0.3 is 0 Å². The lowest BCUT2D eigenvalue weighted by Gasteiger charge is -2.11. The number of rotatable bonds is 3. The Hall–Kier alpha value is -2.48. The predicted octanol–water partition coefficient (Wildman–Crippen LogP) is 1.35. The highest BCUT2D eigenvalue weighted by atomic mass is 32.1. The molecule has 1 heterocycles. The summed E-state index contributed by atoms with van der Waals surface area (Å²) in [4.78, 5) is 11.6. The number of nitrogens with one attached hydrogen (secondary N) is 2. The molecule has 8 heteroatoms. The van der Waals surface area contributed by atoms with Crippen molar-refractivity contribution in [3.05, 3.63) is 29.3 Å². The molecule has 0 atom stereocenters.